The molecule has 214 valence electrons. The van der Waals surface area contributed by atoms with Crippen LogP contribution in [0.2, 0.25) is 0 Å². The Bertz CT molecular complexity index is 1680. The summed E-state index contributed by atoms with van der Waals surface area (Å²) in [7, 11) is 0. The maximum Gasteiger partial charge on any atom is 0.255 e. The number of aliphatic hydroxyl groups is 2. The number of nitrogens with one attached hydrogen (secondary N) is 1. The van der Waals surface area contributed by atoms with Crippen LogP contribution in [0.15, 0.2) is 78.1 Å². The molecule has 1 saturated heterocycles. The van der Waals surface area contributed by atoms with E-state index in [1.54, 1.807) is 54.6 Å². The zero-order chi connectivity index (χ0) is 28.8. The second-order valence-electron chi connectivity index (χ2n) is 12.5. The first kappa shape index (κ1) is 25.6. The highest BCUT2D eigenvalue weighted by Crippen LogP contribution is 2.66. The average molecular weight is 565 g/mol. The normalized spacial score (nSPS) is 29.1. The molecule has 8 heteroatoms. The van der Waals surface area contributed by atoms with E-state index in [4.69, 9.17) is 4.74 Å². The topological polar surface area (TPSA) is 119 Å². The van der Waals surface area contributed by atoms with Crippen LogP contribution in [-0.2, 0) is 16.6 Å². The zero-order valence-electron chi connectivity index (χ0n) is 23.0. The van der Waals surface area contributed by atoms with E-state index in [1.165, 1.54) is 12.8 Å². The summed E-state index contributed by atoms with van der Waals surface area (Å²) in [6.45, 7) is 1.64. The summed E-state index contributed by atoms with van der Waals surface area (Å²) in [5.74, 6) is -0.0479. The van der Waals surface area contributed by atoms with Gasteiger partial charge in [-0.05, 0) is 61.9 Å². The SMILES string of the molecule is O=C(Nc1cccc(C(=O)c2ccccc2)c1)C1=C(O)[C@@H]2Oc3c(O)ccc4c3[C@@]23CCN(CC2CC2)[C@H](C4)[C@]3(O)C1. The second kappa shape index (κ2) is 8.93. The third kappa shape index (κ3) is 3.48. The van der Waals surface area contributed by atoms with Gasteiger partial charge in [-0.15, -0.1) is 0 Å². The van der Waals surface area contributed by atoms with Crippen molar-refractivity contribution in [3.8, 4) is 11.5 Å². The molecular weight excluding hydrogens is 532 g/mol. The number of hydrogen-bond donors (Lipinski definition) is 4. The number of carbonyl (C=O) groups is 2. The lowest BCUT2D eigenvalue weighted by Crippen LogP contribution is -2.75. The summed E-state index contributed by atoms with van der Waals surface area (Å²) in [5.41, 5.74) is 0.873. The molecule has 42 heavy (non-hydrogen) atoms. The van der Waals surface area contributed by atoms with Crippen molar-refractivity contribution in [3.63, 3.8) is 0 Å². The van der Waals surface area contributed by atoms with Crippen LogP contribution in [0, 0.1) is 5.92 Å². The van der Waals surface area contributed by atoms with E-state index in [9.17, 15) is 24.9 Å². The van der Waals surface area contributed by atoms with Gasteiger partial charge in [0.25, 0.3) is 5.91 Å². The van der Waals surface area contributed by atoms with Gasteiger partial charge in [-0.3, -0.25) is 14.5 Å². The number of likely N-dealkylation sites (tertiary alicyclic amines) is 1. The van der Waals surface area contributed by atoms with Crippen molar-refractivity contribution in [2.24, 2.45) is 5.92 Å². The first-order chi connectivity index (χ1) is 20.3. The highest BCUT2D eigenvalue weighted by molar-refractivity contribution is 6.10. The predicted molar refractivity (Wildman–Crippen MR) is 155 cm³/mol. The van der Waals surface area contributed by atoms with Crippen molar-refractivity contribution >= 4 is 17.4 Å². The fourth-order valence-electron chi connectivity index (χ4n) is 8.07. The molecule has 1 saturated carbocycles. The molecule has 3 aromatic carbocycles. The highest BCUT2D eigenvalue weighted by atomic mass is 16.5. The van der Waals surface area contributed by atoms with E-state index in [2.05, 4.69) is 10.2 Å². The number of aliphatic hydroxyl groups excluding tert-OH is 1. The zero-order valence-corrected chi connectivity index (χ0v) is 23.0. The van der Waals surface area contributed by atoms with E-state index >= 15 is 0 Å². The number of hydrogen-bond acceptors (Lipinski definition) is 7. The Morgan fingerprint density at radius 1 is 1.00 bits per heavy atom. The molecule has 2 fully saturated rings. The summed E-state index contributed by atoms with van der Waals surface area (Å²) < 4.78 is 6.28. The summed E-state index contributed by atoms with van der Waals surface area (Å²) in [6.07, 6.45) is 2.46. The van der Waals surface area contributed by atoms with Crippen LogP contribution in [0.4, 0.5) is 5.69 Å². The summed E-state index contributed by atoms with van der Waals surface area (Å²) in [4.78, 5) is 29.2. The van der Waals surface area contributed by atoms with Gasteiger partial charge in [0.15, 0.2) is 23.4 Å². The summed E-state index contributed by atoms with van der Waals surface area (Å²) >= 11 is 0. The van der Waals surface area contributed by atoms with Crippen LogP contribution in [0.3, 0.4) is 0 Å². The molecular formula is C34H32N2O6. The number of anilines is 1. The van der Waals surface area contributed by atoms with Gasteiger partial charge in [0.2, 0.25) is 0 Å². The number of benzene rings is 3. The molecule has 4 N–H and O–H groups in total. The smallest absolute Gasteiger partial charge is 0.255 e. The standard InChI is InChI=1S/C34H32N2O6/c37-25-12-11-21-16-26-34(41)17-24(32(40)35-23-8-4-7-22(15-23)28(38)20-5-2-1-3-6-20)29(39)31-33(34,27(21)30(25)42-31)13-14-36(26)18-19-9-10-19/h1-8,11-12,15,19,26,31,37,39,41H,9-10,13-14,16-18H2,(H,35,40)/t26-,31+,33+,34-/m1/s1. The monoisotopic (exact) mass is 564 g/mol. The number of carbonyl (C=O) groups excluding carboxylic acids is 2. The minimum Gasteiger partial charge on any atom is -0.508 e. The minimum atomic E-state index is -1.39. The van der Waals surface area contributed by atoms with Crippen molar-refractivity contribution in [3.05, 3.63) is 100 Å². The molecule has 3 aliphatic carbocycles. The van der Waals surface area contributed by atoms with Crippen LogP contribution in [0.5, 0.6) is 11.5 Å². The number of aromatic hydroxyl groups is 1. The van der Waals surface area contributed by atoms with Gasteiger partial charge in [0, 0.05) is 41.4 Å². The lowest BCUT2D eigenvalue weighted by molar-refractivity contribution is -0.172. The molecule has 3 aromatic rings. The number of rotatable bonds is 6. The molecule has 0 radical (unpaired) electrons. The van der Waals surface area contributed by atoms with Gasteiger partial charge in [0.1, 0.15) is 5.76 Å². The second-order valence-corrected chi connectivity index (χ2v) is 12.5. The van der Waals surface area contributed by atoms with Crippen molar-refractivity contribution in [2.45, 2.75) is 55.3 Å². The molecule has 0 unspecified atom stereocenters. The minimum absolute atomic E-state index is 0.0302. The Morgan fingerprint density at radius 3 is 2.57 bits per heavy atom. The lowest BCUT2D eigenvalue weighted by atomic mass is 9.49. The molecule has 1 amide bonds. The van der Waals surface area contributed by atoms with Crippen molar-refractivity contribution in [2.75, 3.05) is 18.4 Å². The molecule has 8 nitrogen and oxygen atoms in total. The van der Waals surface area contributed by atoms with Crippen molar-refractivity contribution < 1.29 is 29.6 Å². The molecule has 2 heterocycles. The highest BCUT2D eigenvalue weighted by Gasteiger charge is 2.73. The number of amides is 1. The quantitative estimate of drug-likeness (QED) is 0.331. The predicted octanol–water partition coefficient (Wildman–Crippen LogP) is 4.25. The number of phenolic OH excluding ortho intramolecular Hbond substituents is 1. The van der Waals surface area contributed by atoms with Crippen LogP contribution in [0.1, 0.15) is 52.7 Å². The van der Waals surface area contributed by atoms with Crippen molar-refractivity contribution in [1.82, 2.24) is 4.90 Å². The number of nitrogens with zero attached hydrogens (tertiary/aromatic N) is 1. The van der Waals surface area contributed by atoms with Gasteiger partial charge in [0.05, 0.1) is 16.6 Å². The van der Waals surface area contributed by atoms with E-state index in [0.29, 0.717) is 41.3 Å². The van der Waals surface area contributed by atoms with E-state index in [0.717, 1.165) is 24.2 Å². The third-order valence-electron chi connectivity index (χ3n) is 10.2. The molecule has 1 spiro atoms. The number of ether oxygens (including phenoxy) is 1. The van der Waals surface area contributed by atoms with E-state index in [-0.39, 0.29) is 35.3 Å². The number of phenols is 1. The summed E-state index contributed by atoms with van der Waals surface area (Å²) in [5, 5.41) is 38.0. The van der Waals surface area contributed by atoms with Gasteiger partial charge in [-0.25, -0.2) is 0 Å². The fraction of sp³-hybridized carbons (Fsp3) is 0.353. The lowest BCUT2D eigenvalue weighted by Gasteiger charge is -2.62. The Labute approximate surface area is 243 Å². The number of piperidine rings is 1. The third-order valence-corrected chi connectivity index (χ3v) is 10.2. The molecule has 2 bridgehead atoms. The Morgan fingerprint density at radius 2 is 1.79 bits per heavy atom. The van der Waals surface area contributed by atoms with E-state index < -0.39 is 23.0 Å². The van der Waals surface area contributed by atoms with Crippen molar-refractivity contribution in [1.29, 1.82) is 0 Å². The van der Waals surface area contributed by atoms with Crippen LogP contribution in [-0.4, -0.2) is 62.7 Å². The van der Waals surface area contributed by atoms with Gasteiger partial charge in [-0.2, -0.15) is 0 Å². The van der Waals surface area contributed by atoms with Gasteiger partial charge in [-0.1, -0.05) is 48.5 Å². The van der Waals surface area contributed by atoms with Gasteiger partial charge < -0.3 is 25.4 Å². The first-order valence-corrected chi connectivity index (χ1v) is 14.7. The first-order valence-electron chi connectivity index (χ1n) is 14.7. The maximum atomic E-state index is 13.8. The van der Waals surface area contributed by atoms with Crippen LogP contribution in [0.25, 0.3) is 0 Å². The van der Waals surface area contributed by atoms with E-state index in [1.807, 2.05) is 12.1 Å². The van der Waals surface area contributed by atoms with Crippen LogP contribution >= 0.6 is 0 Å². The molecule has 5 aliphatic rings. The largest absolute Gasteiger partial charge is 0.508 e. The number of ketones is 1. The Kier molecular flexibility index (Phi) is 5.43. The molecule has 2 aliphatic heterocycles. The fourth-order valence-corrected chi connectivity index (χ4v) is 8.07. The molecule has 0 aromatic heterocycles. The summed E-state index contributed by atoms with van der Waals surface area (Å²) in [6, 6.07) is 18.9. The Balaban J connectivity index is 1.17. The maximum absolute atomic E-state index is 13.8. The molecule has 8 rings (SSSR count). The van der Waals surface area contributed by atoms with Gasteiger partial charge >= 0.3 is 0 Å². The van der Waals surface area contributed by atoms with Crippen LogP contribution < -0.4 is 10.1 Å². The average Bonchev–Trinajstić information content (AvgIpc) is 3.74. The molecule has 4 atom stereocenters. The Hall–Kier alpha value is -4.14.